The van der Waals surface area contributed by atoms with Gasteiger partial charge in [0, 0.05) is 42.8 Å². The van der Waals surface area contributed by atoms with Gasteiger partial charge in [-0.25, -0.2) is 0 Å². The Hall–Kier alpha value is -1.66. The van der Waals surface area contributed by atoms with Crippen LogP contribution in [-0.2, 0) is 15.1 Å². The molecule has 0 aromatic heterocycles. The number of carbonyl (C=O) groups is 1. The Morgan fingerprint density at radius 1 is 1.26 bits per heavy atom. The fourth-order valence-corrected chi connectivity index (χ4v) is 5.83. The van der Waals surface area contributed by atoms with Gasteiger partial charge in [0.25, 0.3) is 5.91 Å². The fraction of sp³-hybridized carbons (Fsp3) is 0.621. The van der Waals surface area contributed by atoms with Crippen LogP contribution in [0.4, 0.5) is 0 Å². The summed E-state index contributed by atoms with van der Waals surface area (Å²) < 4.78 is 5.20. The van der Waals surface area contributed by atoms with Gasteiger partial charge in [-0.3, -0.25) is 4.79 Å². The van der Waals surface area contributed by atoms with E-state index in [1.807, 2.05) is 49.5 Å². The second-order valence-electron chi connectivity index (χ2n) is 10.2. The van der Waals surface area contributed by atoms with Crippen LogP contribution in [0.2, 0.25) is 5.02 Å². The monoisotopic (exact) mass is 502 g/mol. The van der Waals surface area contributed by atoms with Crippen molar-refractivity contribution in [3.05, 3.63) is 58.7 Å². The number of benzene rings is 1. The van der Waals surface area contributed by atoms with Crippen molar-refractivity contribution in [1.29, 1.82) is 0 Å². The third-order valence-electron chi connectivity index (χ3n) is 7.55. The Labute approximate surface area is 216 Å². The first kappa shape index (κ1) is 27.9. The molecule has 1 fully saturated rings. The molecule has 1 amide bonds. The van der Waals surface area contributed by atoms with Gasteiger partial charge in [0.2, 0.25) is 0 Å². The molecule has 0 saturated heterocycles. The van der Waals surface area contributed by atoms with Crippen LogP contribution >= 0.6 is 11.6 Å². The molecule has 1 aromatic rings. The summed E-state index contributed by atoms with van der Waals surface area (Å²) in [6, 6.07) is 7.57. The van der Waals surface area contributed by atoms with E-state index < -0.39 is 5.60 Å². The molecular formula is C29H43ClN2O3. The van der Waals surface area contributed by atoms with E-state index in [4.69, 9.17) is 16.3 Å². The van der Waals surface area contributed by atoms with E-state index in [2.05, 4.69) is 10.6 Å². The normalized spacial score (nSPS) is 21.3. The summed E-state index contributed by atoms with van der Waals surface area (Å²) in [6.07, 6.45) is 16.3. The first-order chi connectivity index (χ1) is 17.0. The number of carbonyl (C=O) groups excluding carboxylic acids is 1. The van der Waals surface area contributed by atoms with Gasteiger partial charge in [-0.2, -0.15) is 0 Å². The zero-order chi connectivity index (χ0) is 25.1. The summed E-state index contributed by atoms with van der Waals surface area (Å²) >= 11 is 6.29. The maximum absolute atomic E-state index is 13.3. The quantitative estimate of drug-likeness (QED) is 0.310. The van der Waals surface area contributed by atoms with Crippen molar-refractivity contribution in [2.45, 2.75) is 75.9 Å². The smallest absolute Gasteiger partial charge is 0.251 e. The first-order valence-electron chi connectivity index (χ1n) is 13.3. The summed E-state index contributed by atoms with van der Waals surface area (Å²) in [6.45, 7) is 1.42. The Morgan fingerprint density at radius 2 is 2.06 bits per heavy atom. The lowest BCUT2D eigenvalue weighted by molar-refractivity contribution is -0.118. The highest BCUT2D eigenvalue weighted by atomic mass is 35.5. The van der Waals surface area contributed by atoms with Crippen LogP contribution in [-0.4, -0.2) is 44.4 Å². The van der Waals surface area contributed by atoms with Crippen LogP contribution in [0.25, 0.3) is 0 Å². The van der Waals surface area contributed by atoms with E-state index in [9.17, 15) is 9.90 Å². The molecule has 1 saturated carbocycles. The van der Waals surface area contributed by atoms with Crippen LogP contribution in [0, 0.1) is 11.8 Å². The Balaban J connectivity index is 1.75. The minimum absolute atomic E-state index is 0.0603. The van der Waals surface area contributed by atoms with E-state index in [0.717, 1.165) is 31.4 Å². The lowest BCUT2D eigenvalue weighted by atomic mass is 9.74. The van der Waals surface area contributed by atoms with E-state index in [-0.39, 0.29) is 17.9 Å². The largest absolute Gasteiger partial charge is 0.385 e. The summed E-state index contributed by atoms with van der Waals surface area (Å²) in [5.74, 6) is 0.413. The van der Waals surface area contributed by atoms with Crippen molar-refractivity contribution in [2.75, 3.05) is 27.3 Å². The number of likely N-dealkylation sites (N-methyl/N-ethyl adjacent to an activating group) is 1. The van der Waals surface area contributed by atoms with Crippen LogP contribution in [0.5, 0.6) is 0 Å². The van der Waals surface area contributed by atoms with Crippen molar-refractivity contribution in [2.24, 2.45) is 11.8 Å². The number of hydrogen-bond donors (Lipinski definition) is 3. The number of methoxy groups -OCH3 is 1. The number of amides is 1. The number of rotatable bonds is 13. The molecular weight excluding hydrogens is 460 g/mol. The van der Waals surface area contributed by atoms with Gasteiger partial charge >= 0.3 is 0 Å². The molecule has 3 N–H and O–H groups in total. The number of aliphatic hydroxyl groups is 1. The average Bonchev–Trinajstić information content (AvgIpc) is 2.87. The number of unbranched alkanes of at least 4 members (excludes halogenated alkanes) is 1. The van der Waals surface area contributed by atoms with Crippen molar-refractivity contribution in [3.63, 3.8) is 0 Å². The second kappa shape index (κ2) is 14.2. The molecule has 0 spiro atoms. The van der Waals surface area contributed by atoms with Crippen LogP contribution in [0.3, 0.4) is 0 Å². The van der Waals surface area contributed by atoms with Crippen LogP contribution in [0.15, 0.2) is 48.1 Å². The molecule has 2 aliphatic rings. The van der Waals surface area contributed by atoms with E-state index >= 15 is 0 Å². The average molecular weight is 503 g/mol. The van der Waals surface area contributed by atoms with E-state index in [1.54, 1.807) is 7.11 Å². The highest BCUT2D eigenvalue weighted by Gasteiger charge is 2.38. The number of hydrogen-bond acceptors (Lipinski definition) is 4. The van der Waals surface area contributed by atoms with E-state index in [0.29, 0.717) is 36.0 Å². The fourth-order valence-electron chi connectivity index (χ4n) is 5.64. The molecule has 1 unspecified atom stereocenters. The summed E-state index contributed by atoms with van der Waals surface area (Å²) in [7, 11) is 3.63. The SMILES string of the molecule is CNC[C@H](CC1CCCCC1)NC(=O)C1=CC([C@@](O)(CCCCOC)c2cccc(Cl)c2)CC=C1. The van der Waals surface area contributed by atoms with Gasteiger partial charge in [0.15, 0.2) is 0 Å². The molecule has 6 heteroatoms. The van der Waals surface area contributed by atoms with Gasteiger partial charge in [-0.05, 0) is 62.8 Å². The van der Waals surface area contributed by atoms with Crippen LogP contribution < -0.4 is 10.6 Å². The highest BCUT2D eigenvalue weighted by Crippen LogP contribution is 2.40. The van der Waals surface area contributed by atoms with Gasteiger partial charge in [-0.1, -0.05) is 74.1 Å². The third kappa shape index (κ3) is 8.18. The summed E-state index contributed by atoms with van der Waals surface area (Å²) in [5, 5.41) is 19.1. The molecule has 0 bridgehead atoms. The maximum Gasteiger partial charge on any atom is 0.251 e. The summed E-state index contributed by atoms with van der Waals surface area (Å²) in [5.41, 5.74) is 0.314. The van der Waals surface area contributed by atoms with Crippen molar-refractivity contribution >= 4 is 17.5 Å². The molecule has 35 heavy (non-hydrogen) atoms. The molecule has 5 nitrogen and oxygen atoms in total. The number of halogens is 1. The Morgan fingerprint density at radius 3 is 2.77 bits per heavy atom. The molecule has 0 heterocycles. The zero-order valence-corrected chi connectivity index (χ0v) is 22.2. The van der Waals surface area contributed by atoms with Gasteiger partial charge < -0.3 is 20.5 Å². The van der Waals surface area contributed by atoms with Gasteiger partial charge in [0.05, 0.1) is 5.60 Å². The number of ether oxygens (including phenoxy) is 1. The molecule has 3 rings (SSSR count). The Bertz CT molecular complexity index is 865. The van der Waals surface area contributed by atoms with Crippen molar-refractivity contribution < 1.29 is 14.6 Å². The minimum Gasteiger partial charge on any atom is -0.385 e. The van der Waals surface area contributed by atoms with E-state index in [1.165, 1.54) is 32.1 Å². The third-order valence-corrected chi connectivity index (χ3v) is 7.79. The van der Waals surface area contributed by atoms with Crippen molar-refractivity contribution in [1.82, 2.24) is 10.6 Å². The number of nitrogens with one attached hydrogen (secondary N) is 2. The van der Waals surface area contributed by atoms with Crippen molar-refractivity contribution in [3.8, 4) is 0 Å². The molecule has 1 aromatic carbocycles. The van der Waals surface area contributed by atoms with Gasteiger partial charge in [0.1, 0.15) is 0 Å². The standard InChI is InChI=1S/C29H43ClN2O3/c1-31-21-27(18-22-10-4-3-5-11-22)32-28(33)23-12-8-13-24(19-23)29(34,16-6-7-17-35-2)25-14-9-15-26(30)20-25/h8-9,12,14-15,19-20,22,24,27,31,34H,3-7,10-11,13,16-18,21H2,1-2H3,(H,32,33)/t24?,27-,29-/m0/s1. The molecule has 194 valence electrons. The molecule has 0 aliphatic heterocycles. The Kier molecular flexibility index (Phi) is 11.3. The lowest BCUT2D eigenvalue weighted by Crippen LogP contribution is -2.43. The van der Waals surface area contributed by atoms with Crippen LogP contribution in [0.1, 0.15) is 69.8 Å². The molecule has 3 atom stereocenters. The summed E-state index contributed by atoms with van der Waals surface area (Å²) in [4.78, 5) is 13.3. The lowest BCUT2D eigenvalue weighted by Gasteiger charge is -2.37. The first-order valence-corrected chi connectivity index (χ1v) is 13.6. The van der Waals surface area contributed by atoms with Gasteiger partial charge in [-0.15, -0.1) is 0 Å². The molecule has 2 aliphatic carbocycles. The minimum atomic E-state index is -1.11. The predicted molar refractivity (Wildman–Crippen MR) is 143 cm³/mol. The number of allylic oxidation sites excluding steroid dienone is 1. The second-order valence-corrected chi connectivity index (χ2v) is 10.7. The zero-order valence-electron chi connectivity index (χ0n) is 21.4. The topological polar surface area (TPSA) is 70.6 Å². The maximum atomic E-state index is 13.3. The highest BCUT2D eigenvalue weighted by molar-refractivity contribution is 6.30. The molecule has 0 radical (unpaired) electrons. The predicted octanol–water partition coefficient (Wildman–Crippen LogP) is 5.52.